The highest BCUT2D eigenvalue weighted by molar-refractivity contribution is 5.95. The number of carbonyl (C=O) groups excluding carboxylic acids is 1. The summed E-state index contributed by atoms with van der Waals surface area (Å²) in [5.41, 5.74) is 8.04. The van der Waals surface area contributed by atoms with Gasteiger partial charge in [0.2, 0.25) is 5.91 Å². The van der Waals surface area contributed by atoms with Crippen LogP contribution in [0.15, 0.2) is 18.2 Å². The van der Waals surface area contributed by atoms with Gasteiger partial charge in [-0.25, -0.2) is 0 Å². The molecular formula is C15H22N2O3. The zero-order chi connectivity index (χ0) is 14.4. The summed E-state index contributed by atoms with van der Waals surface area (Å²) in [6.07, 6.45) is 2.01. The third-order valence-corrected chi connectivity index (χ3v) is 3.50. The van der Waals surface area contributed by atoms with Gasteiger partial charge in [-0.05, 0) is 37.3 Å². The lowest BCUT2D eigenvalue weighted by atomic mass is 10.0. The van der Waals surface area contributed by atoms with E-state index in [4.69, 9.17) is 15.2 Å². The number of ether oxygens (including phenoxy) is 2. The fourth-order valence-electron chi connectivity index (χ4n) is 2.27. The van der Waals surface area contributed by atoms with Crippen molar-refractivity contribution in [3.8, 4) is 0 Å². The normalized spacial score (nSPS) is 16.1. The minimum absolute atomic E-state index is 0.0606. The number of hydrogen-bond donors (Lipinski definition) is 2. The first-order valence-corrected chi connectivity index (χ1v) is 6.97. The maximum absolute atomic E-state index is 11.8. The van der Waals surface area contributed by atoms with E-state index in [-0.39, 0.29) is 12.5 Å². The Labute approximate surface area is 119 Å². The Balaban J connectivity index is 1.75. The number of aryl methyl sites for hydroxylation is 1. The molecule has 5 nitrogen and oxygen atoms in total. The van der Waals surface area contributed by atoms with Crippen LogP contribution in [-0.2, 0) is 14.3 Å². The lowest BCUT2D eigenvalue weighted by Gasteiger charge is -2.21. The Morgan fingerprint density at radius 2 is 2.20 bits per heavy atom. The Hall–Kier alpha value is -1.59. The maximum atomic E-state index is 11.8. The predicted molar refractivity (Wildman–Crippen MR) is 78.6 cm³/mol. The van der Waals surface area contributed by atoms with Crippen LogP contribution >= 0.6 is 0 Å². The molecule has 110 valence electrons. The zero-order valence-corrected chi connectivity index (χ0v) is 11.9. The van der Waals surface area contributed by atoms with Crippen LogP contribution in [0.3, 0.4) is 0 Å². The maximum Gasteiger partial charge on any atom is 0.250 e. The molecule has 0 aliphatic carbocycles. The smallest absolute Gasteiger partial charge is 0.250 e. The highest BCUT2D eigenvalue weighted by Crippen LogP contribution is 2.22. The van der Waals surface area contributed by atoms with Crippen LogP contribution < -0.4 is 11.1 Å². The zero-order valence-electron chi connectivity index (χ0n) is 11.9. The number of benzene rings is 1. The summed E-state index contributed by atoms with van der Waals surface area (Å²) in [5.74, 6) is 0.332. The van der Waals surface area contributed by atoms with Crippen molar-refractivity contribution in [1.82, 2.24) is 0 Å². The molecule has 1 aliphatic heterocycles. The van der Waals surface area contributed by atoms with Gasteiger partial charge in [-0.15, -0.1) is 0 Å². The third kappa shape index (κ3) is 4.21. The van der Waals surface area contributed by atoms with Gasteiger partial charge in [-0.1, -0.05) is 12.1 Å². The van der Waals surface area contributed by atoms with E-state index in [1.807, 2.05) is 19.1 Å². The summed E-state index contributed by atoms with van der Waals surface area (Å²) in [4.78, 5) is 11.8. The van der Waals surface area contributed by atoms with Gasteiger partial charge in [0.15, 0.2) is 0 Å². The van der Waals surface area contributed by atoms with Crippen molar-refractivity contribution in [2.24, 2.45) is 5.92 Å². The molecule has 1 saturated heterocycles. The minimum Gasteiger partial charge on any atom is -0.397 e. The lowest BCUT2D eigenvalue weighted by molar-refractivity contribution is -0.121. The molecule has 2 rings (SSSR count). The highest BCUT2D eigenvalue weighted by Gasteiger charge is 2.15. The Bertz CT molecular complexity index is 436. The topological polar surface area (TPSA) is 73.6 Å². The second-order valence-corrected chi connectivity index (χ2v) is 5.16. The number of nitrogens with one attached hydrogen (secondary N) is 1. The Morgan fingerprint density at radius 1 is 1.45 bits per heavy atom. The van der Waals surface area contributed by atoms with Crippen LogP contribution in [0.2, 0.25) is 0 Å². The Kier molecular flexibility index (Phi) is 5.38. The molecule has 0 atom stereocenters. The summed E-state index contributed by atoms with van der Waals surface area (Å²) in [7, 11) is 0. The average Bonchev–Trinajstić information content (AvgIpc) is 2.44. The van der Waals surface area contributed by atoms with E-state index in [0.717, 1.165) is 31.6 Å². The van der Waals surface area contributed by atoms with Gasteiger partial charge in [-0.2, -0.15) is 0 Å². The van der Waals surface area contributed by atoms with E-state index in [1.165, 1.54) is 0 Å². The predicted octanol–water partition coefficient (Wildman–Crippen LogP) is 1.96. The van der Waals surface area contributed by atoms with Crippen LogP contribution in [0.5, 0.6) is 0 Å². The fraction of sp³-hybridized carbons (Fsp3) is 0.533. The fourth-order valence-corrected chi connectivity index (χ4v) is 2.27. The molecule has 0 aromatic heterocycles. The van der Waals surface area contributed by atoms with Crippen molar-refractivity contribution < 1.29 is 14.3 Å². The molecule has 0 spiro atoms. The van der Waals surface area contributed by atoms with Crippen molar-refractivity contribution in [2.45, 2.75) is 19.8 Å². The molecule has 3 N–H and O–H groups in total. The molecule has 1 fully saturated rings. The highest BCUT2D eigenvalue weighted by atomic mass is 16.5. The van der Waals surface area contributed by atoms with Gasteiger partial charge in [0.1, 0.15) is 6.61 Å². The summed E-state index contributed by atoms with van der Waals surface area (Å²) >= 11 is 0. The van der Waals surface area contributed by atoms with Crippen molar-refractivity contribution in [1.29, 1.82) is 0 Å². The van der Waals surface area contributed by atoms with Crippen molar-refractivity contribution in [3.05, 3.63) is 23.8 Å². The number of para-hydroxylation sites is 1. The first-order valence-electron chi connectivity index (χ1n) is 6.97. The van der Waals surface area contributed by atoms with E-state index in [0.29, 0.717) is 23.9 Å². The standard InChI is InChI=1S/C15H22N2O3/c1-11-3-2-4-13(16)15(11)17-14(18)10-20-9-12-5-7-19-8-6-12/h2-4,12H,5-10,16H2,1H3,(H,17,18). The number of carbonyl (C=O) groups is 1. The first-order chi connectivity index (χ1) is 9.66. The summed E-state index contributed by atoms with van der Waals surface area (Å²) in [5, 5.41) is 2.80. The van der Waals surface area contributed by atoms with Gasteiger partial charge < -0.3 is 20.5 Å². The van der Waals surface area contributed by atoms with Crippen molar-refractivity contribution in [3.63, 3.8) is 0 Å². The quantitative estimate of drug-likeness (QED) is 0.807. The molecule has 5 heteroatoms. The third-order valence-electron chi connectivity index (χ3n) is 3.50. The van der Waals surface area contributed by atoms with Gasteiger partial charge in [-0.3, -0.25) is 4.79 Å². The average molecular weight is 278 g/mol. The number of hydrogen-bond acceptors (Lipinski definition) is 4. The number of nitrogen functional groups attached to an aromatic ring is 1. The lowest BCUT2D eigenvalue weighted by Crippen LogP contribution is -2.24. The summed E-state index contributed by atoms with van der Waals surface area (Å²) in [6.45, 7) is 4.17. The minimum atomic E-state index is -0.168. The molecule has 1 aromatic carbocycles. The largest absolute Gasteiger partial charge is 0.397 e. The molecule has 0 saturated carbocycles. The molecule has 1 aliphatic rings. The second kappa shape index (κ2) is 7.26. The van der Waals surface area contributed by atoms with E-state index < -0.39 is 0 Å². The van der Waals surface area contributed by atoms with Crippen molar-refractivity contribution in [2.75, 3.05) is 37.5 Å². The van der Waals surface area contributed by atoms with E-state index in [1.54, 1.807) is 6.07 Å². The van der Waals surface area contributed by atoms with Crippen LogP contribution in [0.4, 0.5) is 11.4 Å². The number of rotatable bonds is 5. The summed E-state index contributed by atoms with van der Waals surface area (Å²) < 4.78 is 10.8. The van der Waals surface area contributed by atoms with E-state index in [9.17, 15) is 4.79 Å². The summed E-state index contributed by atoms with van der Waals surface area (Å²) in [6, 6.07) is 5.54. The SMILES string of the molecule is Cc1cccc(N)c1NC(=O)COCC1CCOCC1. The second-order valence-electron chi connectivity index (χ2n) is 5.16. The number of nitrogens with two attached hydrogens (primary N) is 1. The molecule has 0 unspecified atom stereocenters. The van der Waals surface area contributed by atoms with Crippen LogP contribution in [0.1, 0.15) is 18.4 Å². The molecule has 0 bridgehead atoms. The number of anilines is 2. The van der Waals surface area contributed by atoms with Crippen LogP contribution in [-0.4, -0.2) is 32.3 Å². The molecule has 1 amide bonds. The molecular weight excluding hydrogens is 256 g/mol. The molecule has 1 heterocycles. The Morgan fingerprint density at radius 3 is 2.90 bits per heavy atom. The van der Waals surface area contributed by atoms with Gasteiger partial charge in [0, 0.05) is 13.2 Å². The van der Waals surface area contributed by atoms with Crippen LogP contribution in [0.25, 0.3) is 0 Å². The molecule has 0 radical (unpaired) electrons. The molecule has 20 heavy (non-hydrogen) atoms. The van der Waals surface area contributed by atoms with Gasteiger partial charge >= 0.3 is 0 Å². The number of amides is 1. The first kappa shape index (κ1) is 14.8. The monoisotopic (exact) mass is 278 g/mol. The van der Waals surface area contributed by atoms with Gasteiger partial charge in [0.25, 0.3) is 0 Å². The van der Waals surface area contributed by atoms with Crippen molar-refractivity contribution >= 4 is 17.3 Å². The van der Waals surface area contributed by atoms with E-state index >= 15 is 0 Å². The molecule has 1 aromatic rings. The van der Waals surface area contributed by atoms with E-state index in [2.05, 4.69) is 5.32 Å². The van der Waals surface area contributed by atoms with Gasteiger partial charge in [0.05, 0.1) is 18.0 Å². The van der Waals surface area contributed by atoms with Crippen LogP contribution in [0, 0.1) is 12.8 Å².